The predicted molar refractivity (Wildman–Crippen MR) is 43.0 cm³/mol. The van der Waals surface area contributed by atoms with Gasteiger partial charge in [-0.15, -0.1) is 0 Å². The summed E-state index contributed by atoms with van der Waals surface area (Å²) in [6, 6.07) is 0. The summed E-state index contributed by atoms with van der Waals surface area (Å²) in [5, 5.41) is 9.31. The van der Waals surface area contributed by atoms with E-state index in [2.05, 4.69) is 0 Å². The monoisotopic (exact) mass is 176 g/mol. The molecular formula is C8H16O4. The van der Waals surface area contributed by atoms with Crippen LogP contribution >= 0.6 is 0 Å². The lowest BCUT2D eigenvalue weighted by Gasteiger charge is -2.22. The first-order valence-corrected chi connectivity index (χ1v) is 4.06. The van der Waals surface area contributed by atoms with E-state index in [1.807, 2.05) is 0 Å². The molecule has 0 unspecified atom stereocenters. The largest absolute Gasteiger partial charge is 0.391 e. The van der Waals surface area contributed by atoms with Crippen LogP contribution in [0.3, 0.4) is 0 Å². The van der Waals surface area contributed by atoms with Gasteiger partial charge >= 0.3 is 0 Å². The fourth-order valence-corrected chi connectivity index (χ4v) is 1.51. The molecule has 1 heterocycles. The van der Waals surface area contributed by atoms with E-state index in [1.54, 1.807) is 21.1 Å². The Morgan fingerprint density at radius 3 is 2.50 bits per heavy atom. The molecule has 1 aliphatic heterocycles. The summed E-state index contributed by atoms with van der Waals surface area (Å²) in [4.78, 5) is 0. The Kier molecular flexibility index (Phi) is 3.46. The highest BCUT2D eigenvalue weighted by atomic mass is 16.6. The molecule has 4 nitrogen and oxygen atoms in total. The number of hydrogen-bond donors (Lipinski definition) is 1. The quantitative estimate of drug-likeness (QED) is 0.646. The topological polar surface area (TPSA) is 47.9 Å². The van der Waals surface area contributed by atoms with E-state index in [0.29, 0.717) is 6.61 Å². The lowest BCUT2D eigenvalue weighted by atomic mass is 10.1. The van der Waals surface area contributed by atoms with E-state index >= 15 is 0 Å². The molecule has 0 aromatic rings. The van der Waals surface area contributed by atoms with Crippen molar-refractivity contribution in [3.63, 3.8) is 0 Å². The van der Waals surface area contributed by atoms with Crippen molar-refractivity contribution in [2.75, 3.05) is 20.8 Å². The Morgan fingerprint density at radius 2 is 2.08 bits per heavy atom. The Morgan fingerprint density at radius 1 is 1.42 bits per heavy atom. The Labute approximate surface area is 72.4 Å². The maximum Gasteiger partial charge on any atom is 0.114 e. The summed E-state index contributed by atoms with van der Waals surface area (Å²) >= 11 is 0. The molecule has 0 aromatic carbocycles. The lowest BCUT2D eigenvalue weighted by Crippen LogP contribution is -2.39. The van der Waals surface area contributed by atoms with Crippen LogP contribution in [0.5, 0.6) is 0 Å². The predicted octanol–water partition coefficient (Wildman–Crippen LogP) is -0.204. The van der Waals surface area contributed by atoms with Gasteiger partial charge in [-0.05, 0) is 6.92 Å². The van der Waals surface area contributed by atoms with E-state index in [9.17, 15) is 5.11 Å². The van der Waals surface area contributed by atoms with Gasteiger partial charge in [0.05, 0.1) is 12.7 Å². The van der Waals surface area contributed by atoms with Gasteiger partial charge in [-0.25, -0.2) is 0 Å². The van der Waals surface area contributed by atoms with E-state index in [0.717, 1.165) is 0 Å². The van der Waals surface area contributed by atoms with Crippen LogP contribution in [0, 0.1) is 0 Å². The summed E-state index contributed by atoms with van der Waals surface area (Å²) in [5.74, 6) is 0. The maximum absolute atomic E-state index is 9.31. The van der Waals surface area contributed by atoms with Crippen molar-refractivity contribution >= 4 is 0 Å². The first kappa shape index (κ1) is 9.92. The molecule has 1 fully saturated rings. The maximum atomic E-state index is 9.31. The van der Waals surface area contributed by atoms with E-state index in [-0.39, 0.29) is 18.3 Å². The minimum Gasteiger partial charge on any atom is -0.391 e. The van der Waals surface area contributed by atoms with Crippen LogP contribution in [0.2, 0.25) is 0 Å². The second-order valence-corrected chi connectivity index (χ2v) is 3.01. The van der Waals surface area contributed by atoms with Crippen LogP contribution in [0.25, 0.3) is 0 Å². The number of rotatable bonds is 3. The minimum atomic E-state index is -0.518. The molecule has 1 N–H and O–H groups in total. The third-order valence-corrected chi connectivity index (χ3v) is 2.19. The second kappa shape index (κ2) is 4.18. The summed E-state index contributed by atoms with van der Waals surface area (Å²) in [6.07, 6.45) is -1.00. The highest BCUT2D eigenvalue weighted by Crippen LogP contribution is 2.21. The average Bonchev–Trinajstić information content (AvgIpc) is 2.46. The van der Waals surface area contributed by atoms with Gasteiger partial charge < -0.3 is 19.3 Å². The molecule has 0 bridgehead atoms. The Balaban J connectivity index is 2.56. The lowest BCUT2D eigenvalue weighted by molar-refractivity contribution is -0.0645. The van der Waals surface area contributed by atoms with E-state index in [4.69, 9.17) is 14.2 Å². The van der Waals surface area contributed by atoms with Crippen molar-refractivity contribution < 1.29 is 19.3 Å². The normalized spacial score (nSPS) is 38.5. The fourth-order valence-electron chi connectivity index (χ4n) is 1.51. The Hall–Kier alpha value is -0.160. The zero-order valence-corrected chi connectivity index (χ0v) is 7.69. The third kappa shape index (κ3) is 1.77. The molecule has 72 valence electrons. The molecular weight excluding hydrogens is 160 g/mol. The molecule has 1 saturated heterocycles. The van der Waals surface area contributed by atoms with Gasteiger partial charge in [-0.2, -0.15) is 0 Å². The number of ether oxygens (including phenoxy) is 3. The molecule has 0 saturated carbocycles. The van der Waals surface area contributed by atoms with Crippen LogP contribution in [-0.4, -0.2) is 50.3 Å². The zero-order valence-electron chi connectivity index (χ0n) is 7.69. The summed E-state index contributed by atoms with van der Waals surface area (Å²) < 4.78 is 15.6. The molecule has 0 amide bonds. The van der Waals surface area contributed by atoms with Gasteiger partial charge in [0.25, 0.3) is 0 Å². The smallest absolute Gasteiger partial charge is 0.114 e. The number of methoxy groups -OCH3 is 2. The van der Waals surface area contributed by atoms with Gasteiger partial charge in [0.1, 0.15) is 18.3 Å². The van der Waals surface area contributed by atoms with Gasteiger partial charge in [-0.1, -0.05) is 0 Å². The van der Waals surface area contributed by atoms with Crippen molar-refractivity contribution in [3.05, 3.63) is 0 Å². The van der Waals surface area contributed by atoms with Crippen molar-refractivity contribution in [1.82, 2.24) is 0 Å². The first-order valence-electron chi connectivity index (χ1n) is 4.06. The molecule has 0 aromatic heterocycles. The van der Waals surface area contributed by atoms with Crippen LogP contribution in [-0.2, 0) is 14.2 Å². The highest BCUT2D eigenvalue weighted by Gasteiger charge is 2.40. The van der Waals surface area contributed by atoms with Crippen molar-refractivity contribution in [2.24, 2.45) is 0 Å². The molecule has 0 radical (unpaired) electrons. The molecule has 12 heavy (non-hydrogen) atoms. The van der Waals surface area contributed by atoms with Crippen LogP contribution < -0.4 is 0 Å². The average molecular weight is 176 g/mol. The van der Waals surface area contributed by atoms with Crippen LogP contribution in [0.4, 0.5) is 0 Å². The molecule has 1 aliphatic rings. The molecule has 1 rings (SSSR count). The standard InChI is InChI=1S/C8H16O4/c1-5(9)7-8(11-3)6(10-2)4-12-7/h5-9H,4H2,1-3H3/t5-,6+,7+,8-/m0/s1. The van der Waals surface area contributed by atoms with Crippen LogP contribution in [0.1, 0.15) is 6.92 Å². The molecule has 0 spiro atoms. The minimum absolute atomic E-state index is 0.0606. The third-order valence-electron chi connectivity index (χ3n) is 2.19. The molecule has 0 aliphatic carbocycles. The highest BCUT2D eigenvalue weighted by molar-refractivity contribution is 4.88. The zero-order chi connectivity index (χ0) is 9.14. The van der Waals surface area contributed by atoms with Crippen molar-refractivity contribution in [2.45, 2.75) is 31.3 Å². The fraction of sp³-hybridized carbons (Fsp3) is 1.00. The summed E-state index contributed by atoms with van der Waals surface area (Å²) in [6.45, 7) is 2.18. The first-order chi connectivity index (χ1) is 5.70. The summed E-state index contributed by atoms with van der Waals surface area (Å²) in [5.41, 5.74) is 0. The van der Waals surface area contributed by atoms with Gasteiger partial charge in [0.15, 0.2) is 0 Å². The SMILES string of the molecule is CO[C@@H]1[C@@H]([C@H](C)O)OC[C@H]1OC. The van der Waals surface area contributed by atoms with Gasteiger partial charge in [-0.3, -0.25) is 0 Å². The van der Waals surface area contributed by atoms with Gasteiger partial charge in [0, 0.05) is 14.2 Å². The second-order valence-electron chi connectivity index (χ2n) is 3.01. The number of hydrogen-bond acceptors (Lipinski definition) is 4. The molecule has 4 heteroatoms. The van der Waals surface area contributed by atoms with Gasteiger partial charge in [0.2, 0.25) is 0 Å². The van der Waals surface area contributed by atoms with E-state index < -0.39 is 6.10 Å². The summed E-state index contributed by atoms with van der Waals surface area (Å²) in [7, 11) is 3.21. The number of aliphatic hydroxyl groups excluding tert-OH is 1. The van der Waals surface area contributed by atoms with Crippen LogP contribution in [0.15, 0.2) is 0 Å². The molecule has 4 atom stereocenters. The number of aliphatic hydroxyl groups is 1. The van der Waals surface area contributed by atoms with E-state index in [1.165, 1.54) is 0 Å². The Bertz CT molecular complexity index is 137. The van der Waals surface area contributed by atoms with Crippen molar-refractivity contribution in [1.29, 1.82) is 0 Å². The van der Waals surface area contributed by atoms with Crippen molar-refractivity contribution in [3.8, 4) is 0 Å².